The van der Waals surface area contributed by atoms with Crippen molar-refractivity contribution >= 4 is 23.7 Å². The Hall–Kier alpha value is -2.18. The van der Waals surface area contributed by atoms with Gasteiger partial charge in [-0.3, -0.25) is 9.78 Å². The average Bonchev–Trinajstić information content (AvgIpc) is 2.78. The molecule has 0 spiro atoms. The summed E-state index contributed by atoms with van der Waals surface area (Å²) in [5.41, 5.74) is -1.76. The van der Waals surface area contributed by atoms with Crippen LogP contribution in [-0.4, -0.2) is 40.5 Å². The number of ether oxygens (including phenoxy) is 1. The van der Waals surface area contributed by atoms with Crippen LogP contribution in [0.25, 0.3) is 0 Å². The number of aromatic nitrogens is 1. The molecule has 1 saturated carbocycles. The van der Waals surface area contributed by atoms with E-state index in [-0.39, 0.29) is 25.2 Å². The Morgan fingerprint density at radius 1 is 1.14 bits per heavy atom. The van der Waals surface area contributed by atoms with E-state index in [0.717, 1.165) is 30.3 Å². The molecule has 0 bridgehead atoms. The van der Waals surface area contributed by atoms with Gasteiger partial charge in [-0.25, -0.2) is 17.2 Å². The zero-order valence-electron chi connectivity index (χ0n) is 20.2. The lowest BCUT2D eigenvalue weighted by molar-refractivity contribution is -0.141. The molecule has 0 saturated heterocycles. The average molecular weight is 550 g/mol. The maximum Gasteiger partial charge on any atom is 0.433 e. The summed E-state index contributed by atoms with van der Waals surface area (Å²) in [5, 5.41) is 0. The fourth-order valence-electron chi connectivity index (χ4n) is 4.31. The number of alkyl halides is 3. The van der Waals surface area contributed by atoms with Crippen LogP contribution in [0.3, 0.4) is 0 Å². The number of Topliss-reactive ketones (excluding diaryl/α,β-unsaturated/α-hetero) is 1. The first-order valence-corrected chi connectivity index (χ1v) is 16.6. The lowest BCUT2D eigenvalue weighted by Gasteiger charge is -2.40. The smallest absolute Gasteiger partial charge is 0.381 e. The Morgan fingerprint density at radius 3 is 2.42 bits per heavy atom. The van der Waals surface area contributed by atoms with Crippen LogP contribution in [0, 0.1) is 17.6 Å². The number of sulfone groups is 1. The topological polar surface area (TPSA) is 73.3 Å². The minimum Gasteiger partial charge on any atom is -0.381 e. The lowest BCUT2D eigenvalue weighted by Crippen LogP contribution is -2.45. The van der Waals surface area contributed by atoms with Crippen molar-refractivity contribution in [3.63, 3.8) is 0 Å². The highest BCUT2D eigenvalue weighted by molar-refractivity contribution is 7.92. The first-order valence-electron chi connectivity index (χ1n) is 11.4. The lowest BCUT2D eigenvalue weighted by atomic mass is 9.76. The quantitative estimate of drug-likeness (QED) is 0.237. The van der Waals surface area contributed by atoms with Crippen molar-refractivity contribution in [3.05, 3.63) is 59.4 Å². The van der Waals surface area contributed by atoms with Gasteiger partial charge in [0.15, 0.2) is 9.84 Å². The van der Waals surface area contributed by atoms with Gasteiger partial charge in [0.25, 0.3) is 0 Å². The predicted molar refractivity (Wildman–Crippen MR) is 126 cm³/mol. The van der Waals surface area contributed by atoms with Gasteiger partial charge in [0.05, 0.1) is 11.5 Å². The maximum atomic E-state index is 15.0. The van der Waals surface area contributed by atoms with Crippen molar-refractivity contribution in [2.75, 3.05) is 13.2 Å². The van der Waals surface area contributed by atoms with Gasteiger partial charge < -0.3 is 4.74 Å². The highest BCUT2D eigenvalue weighted by Gasteiger charge is 2.53. The summed E-state index contributed by atoms with van der Waals surface area (Å²) in [4.78, 5) is 15.4. The van der Waals surface area contributed by atoms with Crippen LogP contribution in [0.2, 0.25) is 25.7 Å². The molecule has 198 valence electrons. The Morgan fingerprint density at radius 2 is 1.83 bits per heavy atom. The van der Waals surface area contributed by atoms with E-state index in [4.69, 9.17) is 4.74 Å². The van der Waals surface area contributed by atoms with Gasteiger partial charge in [-0.15, -0.1) is 0 Å². The molecule has 1 aromatic carbocycles. The number of pyridine rings is 1. The molecule has 0 amide bonds. The number of hydrogen-bond acceptors (Lipinski definition) is 5. The van der Waals surface area contributed by atoms with E-state index in [1.807, 2.05) is 0 Å². The Labute approximate surface area is 208 Å². The first-order chi connectivity index (χ1) is 16.6. The Balaban J connectivity index is 2.05. The number of carbonyl (C=O) groups excluding carboxylic acids is 1. The van der Waals surface area contributed by atoms with Crippen molar-refractivity contribution < 1.29 is 39.9 Å². The second-order valence-corrected chi connectivity index (χ2v) is 18.1. The number of carbonyl (C=O) groups is 1. The second kappa shape index (κ2) is 10.3. The standard InChI is InChI=1S/C24H28F5NO4SSi/c1-36(2,3)11-10-34-15-16-13-23(9-8-21(16)31,19-12-17(25)4-6-20(19)26)35(32,33)18-5-7-22(30-14-18)24(27,28)29/h4-7,12,14,16H,8-11,13,15H2,1-3H3/t16-,23+/m1/s1. The molecule has 1 fully saturated rings. The largest absolute Gasteiger partial charge is 0.433 e. The molecule has 0 N–H and O–H groups in total. The Kier molecular flexibility index (Phi) is 8.12. The van der Waals surface area contributed by atoms with E-state index in [1.165, 1.54) is 0 Å². The van der Waals surface area contributed by atoms with E-state index in [9.17, 15) is 30.8 Å². The van der Waals surface area contributed by atoms with Gasteiger partial charge in [0, 0.05) is 38.8 Å². The summed E-state index contributed by atoms with van der Waals surface area (Å²) in [5.74, 6) is -3.06. The van der Waals surface area contributed by atoms with Crippen molar-refractivity contribution in [2.45, 2.75) is 60.8 Å². The molecule has 1 heterocycles. The summed E-state index contributed by atoms with van der Waals surface area (Å²) in [6, 6.07) is 4.48. The van der Waals surface area contributed by atoms with Gasteiger partial charge in [-0.05, 0) is 49.2 Å². The molecule has 0 aliphatic heterocycles. The summed E-state index contributed by atoms with van der Waals surface area (Å²) in [6.45, 7) is 6.71. The number of rotatable bonds is 8. The molecule has 36 heavy (non-hydrogen) atoms. The van der Waals surface area contributed by atoms with Gasteiger partial charge in [0.1, 0.15) is 27.9 Å². The molecule has 0 unspecified atom stereocenters. The van der Waals surface area contributed by atoms with E-state index in [1.54, 1.807) is 0 Å². The predicted octanol–water partition coefficient (Wildman–Crippen LogP) is 5.77. The third kappa shape index (κ3) is 6.03. The zero-order valence-corrected chi connectivity index (χ0v) is 22.0. The molecule has 12 heteroatoms. The fraction of sp³-hybridized carbons (Fsp3) is 0.500. The van der Waals surface area contributed by atoms with Gasteiger partial charge >= 0.3 is 6.18 Å². The zero-order chi connectivity index (χ0) is 26.9. The van der Waals surface area contributed by atoms with Crippen molar-refractivity contribution in [1.82, 2.24) is 4.98 Å². The van der Waals surface area contributed by atoms with Crippen LogP contribution in [0.4, 0.5) is 22.0 Å². The monoisotopic (exact) mass is 549 g/mol. The van der Waals surface area contributed by atoms with Gasteiger partial charge in [-0.1, -0.05) is 19.6 Å². The van der Waals surface area contributed by atoms with Crippen LogP contribution < -0.4 is 0 Å². The van der Waals surface area contributed by atoms with Crippen LogP contribution in [-0.2, 0) is 30.3 Å². The third-order valence-corrected chi connectivity index (χ3v) is 10.6. The second-order valence-electron chi connectivity index (χ2n) is 10.3. The summed E-state index contributed by atoms with van der Waals surface area (Å²) < 4.78 is 99.5. The van der Waals surface area contributed by atoms with Crippen LogP contribution in [0.1, 0.15) is 30.5 Å². The maximum absolute atomic E-state index is 15.0. The molecule has 2 atom stereocenters. The Bertz CT molecular complexity index is 1210. The van der Waals surface area contributed by atoms with Crippen molar-refractivity contribution in [3.8, 4) is 0 Å². The number of halogens is 5. The highest BCUT2D eigenvalue weighted by Crippen LogP contribution is 2.49. The molecule has 1 aromatic heterocycles. The van der Waals surface area contributed by atoms with E-state index >= 15 is 4.39 Å². The molecular weight excluding hydrogens is 521 g/mol. The van der Waals surface area contributed by atoms with Gasteiger partial charge in [0.2, 0.25) is 0 Å². The molecular formula is C24H28F5NO4SSi. The number of ketones is 1. The summed E-state index contributed by atoms with van der Waals surface area (Å²) >= 11 is 0. The van der Waals surface area contributed by atoms with Crippen LogP contribution in [0.5, 0.6) is 0 Å². The molecule has 0 radical (unpaired) electrons. The van der Waals surface area contributed by atoms with E-state index < -0.39 is 69.0 Å². The number of benzene rings is 1. The van der Waals surface area contributed by atoms with Crippen molar-refractivity contribution in [2.24, 2.45) is 5.92 Å². The van der Waals surface area contributed by atoms with Crippen molar-refractivity contribution in [1.29, 1.82) is 0 Å². The van der Waals surface area contributed by atoms with Gasteiger partial charge in [-0.2, -0.15) is 13.2 Å². The summed E-state index contributed by atoms with van der Waals surface area (Å²) in [6.07, 6.45) is -5.23. The van der Waals surface area contributed by atoms with E-state index in [2.05, 4.69) is 24.6 Å². The third-order valence-electron chi connectivity index (χ3n) is 6.39. The van der Waals surface area contributed by atoms with Crippen LogP contribution in [0.15, 0.2) is 41.4 Å². The molecule has 2 aromatic rings. The minimum atomic E-state index is -4.79. The molecule has 1 aliphatic rings. The normalized spacial score (nSPS) is 21.6. The minimum absolute atomic E-state index is 0.0945. The molecule has 5 nitrogen and oxygen atoms in total. The number of hydrogen-bond donors (Lipinski definition) is 0. The first kappa shape index (κ1) is 28.4. The summed E-state index contributed by atoms with van der Waals surface area (Å²) in [7, 11) is -6.06. The SMILES string of the molecule is C[Si](C)(C)CCOC[C@H]1C[C@@](c2cc(F)ccc2F)(S(=O)(=O)c2ccc(C(F)(F)F)nc2)CCC1=O. The van der Waals surface area contributed by atoms with E-state index in [0.29, 0.717) is 18.9 Å². The highest BCUT2D eigenvalue weighted by atomic mass is 32.2. The number of nitrogens with zero attached hydrogens (tertiary/aromatic N) is 1. The fourth-order valence-corrected chi connectivity index (χ4v) is 7.20. The molecule has 3 rings (SSSR count). The molecule has 1 aliphatic carbocycles. The van der Waals surface area contributed by atoms with Crippen LogP contribution >= 0.6 is 0 Å².